The maximum Gasteiger partial charge on any atom is 0.219 e. The molecule has 3 atom stereocenters. The highest BCUT2D eigenvalue weighted by atomic mass is 32.2. The lowest BCUT2D eigenvalue weighted by Crippen LogP contribution is -2.45. The molecule has 2 aliphatic heterocycles. The lowest BCUT2D eigenvalue weighted by molar-refractivity contribution is -0.133. The van der Waals surface area contributed by atoms with Crippen LogP contribution in [-0.2, 0) is 4.79 Å². The van der Waals surface area contributed by atoms with Gasteiger partial charge in [0.25, 0.3) is 0 Å². The number of piperidine rings is 1. The number of amides is 1. The lowest BCUT2D eigenvalue weighted by atomic mass is 9.90. The first-order valence-corrected chi connectivity index (χ1v) is 14.3. The van der Waals surface area contributed by atoms with Gasteiger partial charge in [-0.25, -0.2) is 9.97 Å². The second kappa shape index (κ2) is 10.5. The van der Waals surface area contributed by atoms with E-state index >= 15 is 0 Å². The highest BCUT2D eigenvalue weighted by Gasteiger charge is 2.43. The molecule has 0 aromatic carbocycles. The smallest absolute Gasteiger partial charge is 0.219 e. The number of nitrogens with zero attached hydrogens (tertiary/aromatic N) is 5. The third-order valence-corrected chi connectivity index (χ3v) is 8.78. The van der Waals surface area contributed by atoms with Crippen molar-refractivity contribution in [3.8, 4) is 11.5 Å². The monoisotopic (exact) mass is 540 g/mol. The molecule has 2 saturated heterocycles. The molecular formula is C26H32N6O3S2. The Morgan fingerprint density at radius 3 is 2.70 bits per heavy atom. The zero-order valence-corrected chi connectivity index (χ0v) is 23.1. The molecule has 5 rings (SSSR count). The number of fused-ring (bicyclic) bond motifs is 2. The van der Waals surface area contributed by atoms with Crippen molar-refractivity contribution >= 4 is 40.2 Å². The summed E-state index contributed by atoms with van der Waals surface area (Å²) in [4.78, 5) is 28.7. The number of ether oxygens (including phenoxy) is 1. The minimum atomic E-state index is -0.800. The van der Waals surface area contributed by atoms with Gasteiger partial charge in [0.15, 0.2) is 11.6 Å². The van der Waals surface area contributed by atoms with Crippen LogP contribution in [0.5, 0.6) is 11.5 Å². The summed E-state index contributed by atoms with van der Waals surface area (Å²) in [7, 11) is 0. The molecule has 0 aliphatic carbocycles. The summed E-state index contributed by atoms with van der Waals surface area (Å²) in [6.45, 7) is 7.12. The molecule has 2 aliphatic rings. The maximum atomic E-state index is 12.1. The Morgan fingerprint density at radius 2 is 2.03 bits per heavy atom. The number of carbonyl (C=O) groups is 1. The average Bonchev–Trinajstić information content (AvgIpc) is 3.42. The molecule has 0 saturated carbocycles. The Balaban J connectivity index is 1.35. The predicted molar refractivity (Wildman–Crippen MR) is 145 cm³/mol. The molecule has 1 amide bonds. The van der Waals surface area contributed by atoms with Crippen molar-refractivity contribution in [2.24, 2.45) is 0 Å². The van der Waals surface area contributed by atoms with Gasteiger partial charge in [-0.1, -0.05) is 0 Å². The SMILES string of the molecule is CC(=O)N1C2CC[C@@H]1CC(c1nsc(Nc3ncc(SCC(C)(C)O)cc3Oc3cccnc3C)n1)C2. The van der Waals surface area contributed by atoms with E-state index in [1.54, 1.807) is 33.2 Å². The molecule has 0 radical (unpaired) electrons. The Kier molecular flexibility index (Phi) is 7.37. The summed E-state index contributed by atoms with van der Waals surface area (Å²) in [6.07, 6.45) is 7.43. The first kappa shape index (κ1) is 25.9. The fourth-order valence-corrected chi connectivity index (χ4v) is 6.57. The number of aliphatic hydroxyl groups is 1. The molecular weight excluding hydrogens is 508 g/mol. The Bertz CT molecular complexity index is 1260. The van der Waals surface area contributed by atoms with Crippen LogP contribution in [0, 0.1) is 6.92 Å². The van der Waals surface area contributed by atoms with Gasteiger partial charge in [-0.15, -0.1) is 11.8 Å². The zero-order chi connectivity index (χ0) is 26.2. The molecule has 2 bridgehead atoms. The van der Waals surface area contributed by atoms with E-state index in [9.17, 15) is 9.90 Å². The van der Waals surface area contributed by atoms with Crippen molar-refractivity contribution < 1.29 is 14.6 Å². The van der Waals surface area contributed by atoms with Crippen LogP contribution in [0.25, 0.3) is 0 Å². The van der Waals surface area contributed by atoms with E-state index in [1.165, 1.54) is 23.3 Å². The van der Waals surface area contributed by atoms with E-state index in [4.69, 9.17) is 9.72 Å². The average molecular weight is 541 g/mol. The first-order valence-electron chi connectivity index (χ1n) is 12.5. The summed E-state index contributed by atoms with van der Waals surface area (Å²) >= 11 is 2.82. The summed E-state index contributed by atoms with van der Waals surface area (Å²) < 4.78 is 10.9. The quantitative estimate of drug-likeness (QED) is 0.368. The van der Waals surface area contributed by atoms with Crippen LogP contribution >= 0.6 is 23.3 Å². The minimum Gasteiger partial charge on any atom is -0.452 e. The summed E-state index contributed by atoms with van der Waals surface area (Å²) in [6, 6.07) is 6.19. The second-order valence-electron chi connectivity index (χ2n) is 10.4. The fourth-order valence-electron chi connectivity index (χ4n) is 5.09. The van der Waals surface area contributed by atoms with Crippen LogP contribution in [0.15, 0.2) is 35.5 Å². The van der Waals surface area contributed by atoms with Crippen molar-refractivity contribution in [1.29, 1.82) is 0 Å². The van der Waals surface area contributed by atoms with Gasteiger partial charge in [0.05, 0.1) is 11.3 Å². The minimum absolute atomic E-state index is 0.172. The van der Waals surface area contributed by atoms with E-state index in [-0.39, 0.29) is 11.8 Å². The van der Waals surface area contributed by atoms with Crippen LogP contribution in [-0.4, -0.2) is 58.7 Å². The van der Waals surface area contributed by atoms with E-state index in [1.807, 2.05) is 25.1 Å². The van der Waals surface area contributed by atoms with Crippen LogP contribution < -0.4 is 10.1 Å². The molecule has 5 heterocycles. The van der Waals surface area contributed by atoms with E-state index in [2.05, 4.69) is 24.6 Å². The van der Waals surface area contributed by atoms with Crippen molar-refractivity contribution in [2.45, 2.75) is 81.9 Å². The number of hydrogen-bond acceptors (Lipinski definition) is 10. The molecule has 0 spiro atoms. The number of carbonyl (C=O) groups excluding carboxylic acids is 1. The number of thioether (sulfide) groups is 1. The molecule has 2 fully saturated rings. The fraction of sp³-hybridized carbons (Fsp3) is 0.500. The van der Waals surface area contributed by atoms with E-state index < -0.39 is 5.60 Å². The lowest BCUT2D eigenvalue weighted by Gasteiger charge is -2.37. The Morgan fingerprint density at radius 1 is 1.27 bits per heavy atom. The molecule has 3 aromatic rings. The van der Waals surface area contributed by atoms with Crippen LogP contribution in [0.4, 0.5) is 10.9 Å². The van der Waals surface area contributed by atoms with Crippen LogP contribution in [0.3, 0.4) is 0 Å². The normalized spacial score (nSPS) is 21.2. The van der Waals surface area contributed by atoms with Crippen molar-refractivity contribution in [3.05, 3.63) is 42.1 Å². The Labute approximate surface area is 225 Å². The van der Waals surface area contributed by atoms with E-state index in [0.717, 1.165) is 42.1 Å². The number of aromatic nitrogens is 4. The third-order valence-electron chi connectivity index (χ3n) is 6.73. The van der Waals surface area contributed by atoms with Gasteiger partial charge in [-0.3, -0.25) is 9.78 Å². The van der Waals surface area contributed by atoms with Gasteiger partial charge in [-0.2, -0.15) is 4.37 Å². The Hall–Kier alpha value is -2.76. The molecule has 2 unspecified atom stereocenters. The summed E-state index contributed by atoms with van der Waals surface area (Å²) in [5.74, 6) is 3.50. The highest BCUT2D eigenvalue weighted by molar-refractivity contribution is 7.99. The number of hydrogen-bond donors (Lipinski definition) is 2. The van der Waals surface area contributed by atoms with Crippen molar-refractivity contribution in [3.63, 3.8) is 0 Å². The number of rotatable bonds is 8. The topological polar surface area (TPSA) is 113 Å². The molecule has 11 heteroatoms. The number of anilines is 2. The number of pyridine rings is 2. The molecule has 3 aromatic heterocycles. The van der Waals surface area contributed by atoms with Gasteiger partial charge >= 0.3 is 0 Å². The maximum absolute atomic E-state index is 12.1. The standard InChI is InChI=1S/C26H32N6O3S2/c1-15-21(6-5-9-27-15)35-22-12-20(36-14-26(3,4)34)13-28-24(22)30-25-29-23(31-37-25)17-10-18-7-8-19(11-17)32(18)16(2)33/h5-6,9,12-13,17-19,34H,7-8,10-11,14H2,1-4H3,(H,28,29,30,31)/t17?,18-,19?/m1/s1. The van der Waals surface area contributed by atoms with Gasteiger partial charge < -0.3 is 20.1 Å². The number of nitrogens with one attached hydrogen (secondary N) is 1. The molecule has 196 valence electrons. The van der Waals surface area contributed by atoms with E-state index in [0.29, 0.717) is 40.3 Å². The van der Waals surface area contributed by atoms with Gasteiger partial charge in [0.1, 0.15) is 11.6 Å². The van der Waals surface area contributed by atoms with Gasteiger partial charge in [0.2, 0.25) is 11.0 Å². The summed E-state index contributed by atoms with van der Waals surface area (Å²) in [5.41, 5.74) is -0.0290. The highest BCUT2D eigenvalue weighted by Crippen LogP contribution is 2.43. The largest absolute Gasteiger partial charge is 0.452 e. The van der Waals surface area contributed by atoms with Gasteiger partial charge in [0, 0.05) is 59.5 Å². The van der Waals surface area contributed by atoms with Crippen molar-refractivity contribution in [2.75, 3.05) is 11.1 Å². The molecule has 9 nitrogen and oxygen atoms in total. The predicted octanol–water partition coefficient (Wildman–Crippen LogP) is 5.29. The van der Waals surface area contributed by atoms with Crippen LogP contribution in [0.2, 0.25) is 0 Å². The second-order valence-corrected chi connectivity index (χ2v) is 12.2. The zero-order valence-electron chi connectivity index (χ0n) is 21.5. The van der Waals surface area contributed by atoms with Crippen LogP contribution in [0.1, 0.15) is 63.9 Å². The number of aryl methyl sites for hydroxylation is 1. The molecule has 2 N–H and O–H groups in total. The third kappa shape index (κ3) is 6.05. The summed E-state index contributed by atoms with van der Waals surface area (Å²) in [5, 5.41) is 14.1. The van der Waals surface area contributed by atoms with Gasteiger partial charge in [-0.05, 0) is 64.7 Å². The first-order chi connectivity index (χ1) is 17.7. The van der Waals surface area contributed by atoms with Crippen molar-refractivity contribution in [1.82, 2.24) is 24.2 Å². The molecule has 37 heavy (non-hydrogen) atoms.